The van der Waals surface area contributed by atoms with Gasteiger partial charge in [-0.2, -0.15) is 0 Å². The van der Waals surface area contributed by atoms with Crippen LogP contribution in [0, 0.1) is 0 Å². The normalized spacial score (nSPS) is 13.8. The van der Waals surface area contributed by atoms with E-state index in [0.717, 1.165) is 17.7 Å². The van der Waals surface area contributed by atoms with Gasteiger partial charge in [-0.3, -0.25) is 4.98 Å². The van der Waals surface area contributed by atoms with Gasteiger partial charge in [0.15, 0.2) is 0 Å². The summed E-state index contributed by atoms with van der Waals surface area (Å²) in [5.41, 5.74) is 2.40. The molecule has 0 aliphatic carbocycles. The molecule has 0 fully saturated rings. The maximum Gasteiger partial charge on any atom is 0.138 e. The molecule has 2 heteroatoms. The molecular weight excluding hydrogens is 249 g/mol. The summed E-state index contributed by atoms with van der Waals surface area (Å²) in [7, 11) is 0. The molecule has 0 radical (unpaired) electrons. The Kier molecular flexibility index (Phi) is 4.33. The van der Waals surface area contributed by atoms with Gasteiger partial charge in [0.25, 0.3) is 0 Å². The summed E-state index contributed by atoms with van der Waals surface area (Å²) in [5.74, 6) is 0. The predicted octanol–water partition coefficient (Wildman–Crippen LogP) is 5.07. The molecule has 104 valence electrons. The molecule has 0 aliphatic rings. The van der Waals surface area contributed by atoms with Crippen LogP contribution in [0.3, 0.4) is 0 Å². The largest absolute Gasteiger partial charge is 0.256 e. The van der Waals surface area contributed by atoms with Crippen LogP contribution in [0.1, 0.15) is 31.4 Å². The lowest BCUT2D eigenvalue weighted by atomic mass is 9.95. The zero-order valence-corrected chi connectivity index (χ0v) is 12.1. The summed E-state index contributed by atoms with van der Waals surface area (Å²) in [5, 5.41) is 0. The van der Waals surface area contributed by atoms with E-state index < -0.39 is 5.67 Å². The van der Waals surface area contributed by atoms with E-state index in [1.807, 2.05) is 6.07 Å². The fourth-order valence-corrected chi connectivity index (χ4v) is 2.17. The molecule has 0 saturated carbocycles. The highest BCUT2D eigenvalue weighted by molar-refractivity contribution is 5.59. The van der Waals surface area contributed by atoms with E-state index in [1.54, 1.807) is 25.3 Å². The molecular formula is C18H20FN. The molecule has 1 aromatic carbocycles. The second kappa shape index (κ2) is 6.00. The Balaban J connectivity index is 2.25. The zero-order chi connectivity index (χ0) is 14.6. The first kappa shape index (κ1) is 14.4. The van der Waals surface area contributed by atoms with E-state index in [0.29, 0.717) is 12.0 Å². The summed E-state index contributed by atoms with van der Waals surface area (Å²) in [6.45, 7) is 7.28. The number of benzene rings is 1. The third-order valence-corrected chi connectivity index (χ3v) is 3.55. The first-order chi connectivity index (χ1) is 9.56. The Morgan fingerprint density at radius 1 is 1.20 bits per heavy atom. The van der Waals surface area contributed by atoms with Gasteiger partial charge in [0, 0.05) is 23.7 Å². The van der Waals surface area contributed by atoms with Gasteiger partial charge < -0.3 is 0 Å². The van der Waals surface area contributed by atoms with Crippen molar-refractivity contribution >= 4 is 0 Å². The van der Waals surface area contributed by atoms with Crippen molar-refractivity contribution in [3.05, 3.63) is 66.4 Å². The van der Waals surface area contributed by atoms with Crippen LogP contribution >= 0.6 is 0 Å². The van der Waals surface area contributed by atoms with Crippen LogP contribution in [0.5, 0.6) is 0 Å². The van der Waals surface area contributed by atoms with E-state index in [-0.39, 0.29) is 0 Å². The van der Waals surface area contributed by atoms with E-state index in [9.17, 15) is 4.39 Å². The van der Waals surface area contributed by atoms with E-state index in [4.69, 9.17) is 0 Å². The van der Waals surface area contributed by atoms with Crippen LogP contribution in [-0.4, -0.2) is 4.98 Å². The lowest BCUT2D eigenvalue weighted by Crippen LogP contribution is -2.14. The van der Waals surface area contributed by atoms with Gasteiger partial charge in [-0.05, 0) is 25.0 Å². The quantitative estimate of drug-likeness (QED) is 0.690. The van der Waals surface area contributed by atoms with Crippen LogP contribution in [-0.2, 0) is 12.1 Å². The van der Waals surface area contributed by atoms with Gasteiger partial charge >= 0.3 is 0 Å². The molecule has 0 spiro atoms. The van der Waals surface area contributed by atoms with Gasteiger partial charge in [-0.1, -0.05) is 43.3 Å². The summed E-state index contributed by atoms with van der Waals surface area (Å²) in [4.78, 5) is 4.38. The smallest absolute Gasteiger partial charge is 0.138 e. The standard InChI is InChI=1S/C18H20FN/c1-4-12-18(3,19)16-10-11-17(20-13-16)15-8-6-14(5-2)7-9-15/h4,6-11,13H,1,5,12H2,2-3H3. The Morgan fingerprint density at radius 3 is 2.40 bits per heavy atom. The first-order valence-corrected chi connectivity index (χ1v) is 6.92. The van der Waals surface area contributed by atoms with Gasteiger partial charge in [-0.25, -0.2) is 4.39 Å². The number of rotatable bonds is 5. The SMILES string of the molecule is C=CCC(C)(F)c1ccc(-c2ccc(CC)cc2)nc1. The second-order valence-corrected chi connectivity index (χ2v) is 5.17. The fraction of sp³-hybridized carbons (Fsp3) is 0.278. The Hall–Kier alpha value is -1.96. The van der Waals surface area contributed by atoms with Gasteiger partial charge in [0.1, 0.15) is 5.67 Å². The molecule has 0 aliphatic heterocycles. The summed E-state index contributed by atoms with van der Waals surface area (Å²) in [6.07, 6.45) is 4.53. The average molecular weight is 269 g/mol. The maximum atomic E-state index is 14.3. The number of nitrogens with zero attached hydrogens (tertiary/aromatic N) is 1. The van der Waals surface area contributed by atoms with Gasteiger partial charge in [-0.15, -0.1) is 6.58 Å². The van der Waals surface area contributed by atoms with E-state index in [2.05, 4.69) is 42.8 Å². The third-order valence-electron chi connectivity index (χ3n) is 3.55. The molecule has 0 amide bonds. The molecule has 1 nitrogen and oxygen atoms in total. The number of halogens is 1. The van der Waals surface area contributed by atoms with Crippen LogP contribution in [0.15, 0.2) is 55.3 Å². The average Bonchev–Trinajstić information content (AvgIpc) is 2.47. The van der Waals surface area contributed by atoms with Crippen molar-refractivity contribution in [3.63, 3.8) is 0 Å². The monoisotopic (exact) mass is 269 g/mol. The van der Waals surface area contributed by atoms with Crippen molar-refractivity contribution in [1.82, 2.24) is 4.98 Å². The van der Waals surface area contributed by atoms with E-state index >= 15 is 0 Å². The third kappa shape index (κ3) is 3.13. The number of hydrogen-bond donors (Lipinski definition) is 0. The number of alkyl halides is 1. The van der Waals surface area contributed by atoms with Crippen molar-refractivity contribution in [2.24, 2.45) is 0 Å². The molecule has 0 N–H and O–H groups in total. The number of pyridine rings is 1. The molecule has 1 aromatic heterocycles. The van der Waals surface area contributed by atoms with E-state index in [1.165, 1.54) is 5.56 Å². The minimum Gasteiger partial charge on any atom is -0.256 e. The molecule has 2 rings (SSSR count). The second-order valence-electron chi connectivity index (χ2n) is 5.17. The highest BCUT2D eigenvalue weighted by atomic mass is 19.1. The molecule has 20 heavy (non-hydrogen) atoms. The highest BCUT2D eigenvalue weighted by Gasteiger charge is 2.24. The van der Waals surface area contributed by atoms with Crippen molar-refractivity contribution in [2.45, 2.75) is 32.4 Å². The lowest BCUT2D eigenvalue weighted by molar-refractivity contribution is 0.196. The fourth-order valence-electron chi connectivity index (χ4n) is 2.17. The first-order valence-electron chi connectivity index (χ1n) is 6.92. The maximum absolute atomic E-state index is 14.3. The van der Waals surface area contributed by atoms with Gasteiger partial charge in [0.05, 0.1) is 5.69 Å². The van der Waals surface area contributed by atoms with Crippen molar-refractivity contribution in [3.8, 4) is 11.3 Å². The number of aryl methyl sites for hydroxylation is 1. The van der Waals surface area contributed by atoms with Crippen LogP contribution < -0.4 is 0 Å². The Morgan fingerprint density at radius 2 is 1.90 bits per heavy atom. The zero-order valence-electron chi connectivity index (χ0n) is 12.1. The predicted molar refractivity (Wildman–Crippen MR) is 82.3 cm³/mol. The van der Waals surface area contributed by atoms with Crippen LogP contribution in [0.2, 0.25) is 0 Å². The lowest BCUT2D eigenvalue weighted by Gasteiger charge is -2.18. The topological polar surface area (TPSA) is 12.9 Å². The summed E-state index contributed by atoms with van der Waals surface area (Å²) >= 11 is 0. The molecule has 1 atom stereocenters. The summed E-state index contributed by atoms with van der Waals surface area (Å²) in [6, 6.07) is 12.0. The molecule has 1 unspecified atom stereocenters. The van der Waals surface area contributed by atoms with Crippen molar-refractivity contribution < 1.29 is 4.39 Å². The Labute approximate surface area is 120 Å². The summed E-state index contributed by atoms with van der Waals surface area (Å²) < 4.78 is 14.3. The number of hydrogen-bond acceptors (Lipinski definition) is 1. The Bertz CT molecular complexity index is 567. The van der Waals surface area contributed by atoms with Crippen molar-refractivity contribution in [1.29, 1.82) is 0 Å². The van der Waals surface area contributed by atoms with Crippen molar-refractivity contribution in [2.75, 3.05) is 0 Å². The molecule has 1 heterocycles. The van der Waals surface area contributed by atoms with Gasteiger partial charge in [0.2, 0.25) is 0 Å². The van der Waals surface area contributed by atoms with Crippen LogP contribution in [0.25, 0.3) is 11.3 Å². The minimum atomic E-state index is -1.40. The highest BCUT2D eigenvalue weighted by Crippen LogP contribution is 2.30. The van der Waals surface area contributed by atoms with Crippen LogP contribution in [0.4, 0.5) is 4.39 Å². The number of aromatic nitrogens is 1. The molecule has 0 bridgehead atoms. The molecule has 2 aromatic rings. The molecule has 0 saturated heterocycles. The minimum absolute atomic E-state index is 0.291. The number of allylic oxidation sites excluding steroid dienone is 1.